The van der Waals surface area contributed by atoms with Crippen LogP contribution in [0.15, 0.2) is 40.2 Å². The molecule has 2 heterocycles. The number of pyridine rings is 1. The lowest BCUT2D eigenvalue weighted by molar-refractivity contribution is 0.970. The van der Waals surface area contributed by atoms with E-state index in [0.717, 1.165) is 6.54 Å². The Morgan fingerprint density at radius 3 is 2.80 bits per heavy atom. The van der Waals surface area contributed by atoms with Crippen LogP contribution in [0.5, 0.6) is 0 Å². The van der Waals surface area contributed by atoms with Crippen molar-refractivity contribution in [3.8, 4) is 0 Å². The highest BCUT2D eigenvalue weighted by Gasteiger charge is 1.99. The Kier molecular flexibility index (Phi) is 3.77. The van der Waals surface area contributed by atoms with Crippen LogP contribution in [-0.4, -0.2) is 4.98 Å². The fraction of sp³-hybridized carbons (Fsp3) is 0.182. The highest BCUT2D eigenvalue weighted by Crippen LogP contribution is 2.25. The van der Waals surface area contributed by atoms with E-state index in [4.69, 9.17) is 0 Å². The van der Waals surface area contributed by atoms with Crippen LogP contribution < -0.4 is 4.72 Å². The molecular formula is C11H12N2S2. The fourth-order valence-corrected chi connectivity index (χ4v) is 2.93. The summed E-state index contributed by atoms with van der Waals surface area (Å²) in [7, 11) is 0. The van der Waals surface area contributed by atoms with E-state index in [0.29, 0.717) is 0 Å². The summed E-state index contributed by atoms with van der Waals surface area (Å²) < 4.78 is 4.68. The summed E-state index contributed by atoms with van der Waals surface area (Å²) in [5, 5.41) is 2.12. The van der Waals surface area contributed by atoms with E-state index in [2.05, 4.69) is 28.1 Å². The largest absolute Gasteiger partial charge is 0.265 e. The highest BCUT2D eigenvalue weighted by atomic mass is 32.2. The van der Waals surface area contributed by atoms with Crippen LogP contribution in [0, 0.1) is 6.92 Å². The molecule has 2 aromatic rings. The monoisotopic (exact) mass is 236 g/mol. The molecule has 0 amide bonds. The van der Waals surface area contributed by atoms with E-state index in [-0.39, 0.29) is 0 Å². The normalized spacial score (nSPS) is 10.5. The maximum absolute atomic E-state index is 3.98. The summed E-state index contributed by atoms with van der Waals surface area (Å²) in [5.41, 5.74) is 2.60. The number of rotatable bonds is 4. The number of hydrogen-bond acceptors (Lipinski definition) is 4. The Labute approximate surface area is 97.9 Å². The quantitative estimate of drug-likeness (QED) is 0.825. The van der Waals surface area contributed by atoms with Gasteiger partial charge in [0.25, 0.3) is 0 Å². The molecule has 0 atom stereocenters. The molecular weight excluding hydrogens is 224 g/mol. The number of thiophene rings is 1. The van der Waals surface area contributed by atoms with Gasteiger partial charge in [-0.25, -0.2) is 0 Å². The van der Waals surface area contributed by atoms with E-state index >= 15 is 0 Å². The average molecular weight is 236 g/mol. The molecule has 0 saturated carbocycles. The van der Waals surface area contributed by atoms with Crippen molar-refractivity contribution in [2.24, 2.45) is 0 Å². The molecule has 0 spiro atoms. The zero-order valence-electron chi connectivity index (χ0n) is 8.43. The summed E-state index contributed by atoms with van der Waals surface area (Å²) >= 11 is 3.47. The first-order chi connectivity index (χ1) is 7.36. The molecule has 0 aliphatic carbocycles. The lowest BCUT2D eigenvalue weighted by Crippen LogP contribution is -2.02. The Balaban J connectivity index is 1.83. The minimum absolute atomic E-state index is 0.866. The number of aromatic nitrogens is 1. The van der Waals surface area contributed by atoms with Crippen molar-refractivity contribution in [3.05, 3.63) is 47.1 Å². The van der Waals surface area contributed by atoms with Crippen LogP contribution in [0.25, 0.3) is 0 Å². The van der Waals surface area contributed by atoms with Crippen LogP contribution in [0.3, 0.4) is 0 Å². The lowest BCUT2D eigenvalue weighted by Gasteiger charge is -2.02. The van der Waals surface area contributed by atoms with Crippen LogP contribution in [0.1, 0.15) is 11.1 Å². The smallest absolute Gasteiger partial charge is 0.0780 e. The van der Waals surface area contributed by atoms with Gasteiger partial charge in [0.2, 0.25) is 0 Å². The van der Waals surface area contributed by atoms with Crippen molar-refractivity contribution in [2.45, 2.75) is 17.7 Å². The average Bonchev–Trinajstić information content (AvgIpc) is 2.66. The van der Waals surface area contributed by atoms with Crippen molar-refractivity contribution in [1.29, 1.82) is 0 Å². The maximum atomic E-state index is 3.98. The van der Waals surface area contributed by atoms with Gasteiger partial charge in [0.15, 0.2) is 0 Å². The second-order valence-electron chi connectivity index (χ2n) is 3.17. The summed E-state index contributed by atoms with van der Waals surface area (Å²) in [6, 6.07) is 6.19. The van der Waals surface area contributed by atoms with Crippen LogP contribution in [0.4, 0.5) is 0 Å². The first-order valence-electron chi connectivity index (χ1n) is 4.69. The fourth-order valence-electron chi connectivity index (χ4n) is 1.15. The topological polar surface area (TPSA) is 24.9 Å². The van der Waals surface area contributed by atoms with Crippen molar-refractivity contribution in [1.82, 2.24) is 9.71 Å². The van der Waals surface area contributed by atoms with E-state index in [1.807, 2.05) is 24.5 Å². The van der Waals surface area contributed by atoms with Crippen LogP contribution >= 0.6 is 23.3 Å². The Morgan fingerprint density at radius 2 is 2.13 bits per heavy atom. The van der Waals surface area contributed by atoms with Gasteiger partial charge in [-0.05, 0) is 53.6 Å². The molecule has 0 bridgehead atoms. The van der Waals surface area contributed by atoms with E-state index in [1.54, 1.807) is 23.3 Å². The zero-order valence-corrected chi connectivity index (χ0v) is 10.1. The predicted octanol–water partition coefficient (Wildman–Crippen LogP) is 3.25. The first kappa shape index (κ1) is 10.7. The number of nitrogens with zero attached hydrogens (tertiary/aromatic N) is 1. The molecule has 0 saturated heterocycles. The van der Waals surface area contributed by atoms with Crippen LogP contribution in [0.2, 0.25) is 0 Å². The van der Waals surface area contributed by atoms with Crippen molar-refractivity contribution in [3.63, 3.8) is 0 Å². The predicted molar refractivity (Wildman–Crippen MR) is 66.0 cm³/mol. The second kappa shape index (κ2) is 5.30. The number of hydrogen-bond donors (Lipinski definition) is 1. The number of nitrogens with one attached hydrogen (secondary N) is 1. The van der Waals surface area contributed by atoms with Gasteiger partial charge in [-0.1, -0.05) is 0 Å². The summed E-state index contributed by atoms with van der Waals surface area (Å²) in [6.07, 6.45) is 3.64. The molecule has 2 aromatic heterocycles. The van der Waals surface area contributed by atoms with Gasteiger partial charge in [0, 0.05) is 18.9 Å². The third-order valence-electron chi connectivity index (χ3n) is 2.01. The molecule has 0 aliphatic heterocycles. The molecule has 78 valence electrons. The molecule has 2 nitrogen and oxygen atoms in total. The van der Waals surface area contributed by atoms with E-state index in [1.165, 1.54) is 15.3 Å². The third kappa shape index (κ3) is 3.06. The minimum atomic E-state index is 0.866. The SMILES string of the molecule is Cc1ccsc1SNCc1ccncc1. The molecule has 4 heteroatoms. The molecule has 1 N–H and O–H groups in total. The van der Waals surface area contributed by atoms with E-state index < -0.39 is 0 Å². The van der Waals surface area contributed by atoms with Gasteiger partial charge in [-0.2, -0.15) is 0 Å². The van der Waals surface area contributed by atoms with Gasteiger partial charge in [-0.15, -0.1) is 11.3 Å². The Morgan fingerprint density at radius 1 is 1.33 bits per heavy atom. The number of aryl methyl sites for hydroxylation is 1. The molecule has 0 radical (unpaired) electrons. The third-order valence-corrected chi connectivity index (χ3v) is 4.15. The van der Waals surface area contributed by atoms with E-state index in [9.17, 15) is 0 Å². The van der Waals surface area contributed by atoms with Gasteiger partial charge < -0.3 is 0 Å². The van der Waals surface area contributed by atoms with Gasteiger partial charge in [0.1, 0.15) is 0 Å². The highest BCUT2D eigenvalue weighted by molar-refractivity contribution is 7.99. The van der Waals surface area contributed by atoms with Gasteiger partial charge in [0.05, 0.1) is 4.21 Å². The molecule has 15 heavy (non-hydrogen) atoms. The summed E-state index contributed by atoms with van der Waals surface area (Å²) in [4.78, 5) is 3.98. The van der Waals surface area contributed by atoms with Crippen molar-refractivity contribution in [2.75, 3.05) is 0 Å². The molecule has 0 aromatic carbocycles. The van der Waals surface area contributed by atoms with Crippen molar-refractivity contribution < 1.29 is 0 Å². The molecule has 0 fully saturated rings. The standard InChI is InChI=1S/C11H12N2S2/c1-9-4-7-14-11(9)15-13-8-10-2-5-12-6-3-10/h2-7,13H,8H2,1H3. The Bertz CT molecular complexity index is 412. The molecule has 2 rings (SSSR count). The summed E-state index contributed by atoms with van der Waals surface area (Å²) in [5.74, 6) is 0. The van der Waals surface area contributed by atoms with Gasteiger partial charge >= 0.3 is 0 Å². The van der Waals surface area contributed by atoms with Crippen molar-refractivity contribution >= 4 is 23.3 Å². The minimum Gasteiger partial charge on any atom is -0.265 e. The summed E-state index contributed by atoms with van der Waals surface area (Å²) in [6.45, 7) is 3.00. The molecule has 0 unspecified atom stereocenters. The van der Waals surface area contributed by atoms with Gasteiger partial charge in [-0.3, -0.25) is 9.71 Å². The Hall–Kier alpha value is -0.840. The molecule has 0 aliphatic rings. The maximum Gasteiger partial charge on any atom is 0.0780 e. The van der Waals surface area contributed by atoms with Crippen LogP contribution in [-0.2, 0) is 6.54 Å². The lowest BCUT2D eigenvalue weighted by atomic mass is 10.3. The second-order valence-corrected chi connectivity index (χ2v) is 5.25. The zero-order chi connectivity index (χ0) is 10.5. The first-order valence-corrected chi connectivity index (χ1v) is 6.38.